The van der Waals surface area contributed by atoms with Crippen LogP contribution in [0.25, 0.3) is 0 Å². The van der Waals surface area contributed by atoms with Crippen LogP contribution in [0.4, 0.5) is 19.3 Å². The fraction of sp³-hybridized carbons (Fsp3) is 0.188. The average molecular weight is 306 g/mol. The summed E-state index contributed by atoms with van der Waals surface area (Å²) in [5.41, 5.74) is 1.78. The maximum atomic E-state index is 13.4. The van der Waals surface area contributed by atoms with E-state index in [9.17, 15) is 13.6 Å². The molecule has 0 saturated carbocycles. The van der Waals surface area contributed by atoms with Gasteiger partial charge < -0.3 is 15.4 Å². The Morgan fingerprint density at radius 3 is 2.55 bits per heavy atom. The van der Waals surface area contributed by atoms with Gasteiger partial charge in [0.15, 0.2) is 0 Å². The molecule has 6 heteroatoms. The summed E-state index contributed by atoms with van der Waals surface area (Å²) in [7, 11) is 1.59. The lowest BCUT2D eigenvalue weighted by Crippen LogP contribution is -2.29. The first kappa shape index (κ1) is 15.9. The first-order valence-electron chi connectivity index (χ1n) is 6.66. The molecule has 0 atom stereocenters. The van der Waals surface area contributed by atoms with Crippen LogP contribution >= 0.6 is 0 Å². The molecule has 0 heterocycles. The molecule has 0 fully saturated rings. The van der Waals surface area contributed by atoms with Crippen molar-refractivity contribution in [2.24, 2.45) is 0 Å². The summed E-state index contributed by atoms with van der Waals surface area (Å²) in [4.78, 5) is 11.8. The Hall–Kier alpha value is -2.47. The van der Waals surface area contributed by atoms with Crippen molar-refractivity contribution in [1.82, 2.24) is 5.32 Å². The molecule has 0 bridgehead atoms. The molecular weight excluding hydrogens is 290 g/mol. The molecule has 0 aromatic heterocycles. The van der Waals surface area contributed by atoms with Gasteiger partial charge in [0.1, 0.15) is 11.6 Å². The van der Waals surface area contributed by atoms with Crippen LogP contribution in [0.1, 0.15) is 11.1 Å². The highest BCUT2D eigenvalue weighted by Gasteiger charge is 2.08. The van der Waals surface area contributed by atoms with Crippen molar-refractivity contribution < 1.29 is 18.3 Å². The quantitative estimate of drug-likeness (QED) is 0.889. The highest BCUT2D eigenvalue weighted by molar-refractivity contribution is 5.89. The Morgan fingerprint density at radius 1 is 1.14 bits per heavy atom. The number of carbonyl (C=O) groups excluding carboxylic acids is 1. The number of nitrogens with one attached hydrogen (secondary N) is 2. The molecule has 0 aliphatic heterocycles. The second-order valence-electron chi connectivity index (χ2n) is 4.63. The minimum atomic E-state index is -0.824. The highest BCUT2D eigenvalue weighted by atomic mass is 19.1. The molecule has 4 nitrogen and oxygen atoms in total. The number of carbonyl (C=O) groups is 1. The Balaban J connectivity index is 1.95. The number of hydrogen-bond donors (Lipinski definition) is 2. The van der Waals surface area contributed by atoms with Gasteiger partial charge in [-0.3, -0.25) is 0 Å². The maximum Gasteiger partial charge on any atom is 0.319 e. The van der Waals surface area contributed by atoms with Crippen LogP contribution in [0.5, 0.6) is 0 Å². The number of rotatable bonds is 5. The Bertz CT molecular complexity index is 662. The van der Waals surface area contributed by atoms with E-state index < -0.39 is 17.7 Å². The minimum absolute atomic E-state index is 0.0796. The Kier molecular flexibility index (Phi) is 5.43. The molecule has 22 heavy (non-hydrogen) atoms. The predicted molar refractivity (Wildman–Crippen MR) is 79.4 cm³/mol. The molecule has 0 spiro atoms. The van der Waals surface area contributed by atoms with Gasteiger partial charge in [-0.1, -0.05) is 24.3 Å². The number of anilines is 1. The fourth-order valence-corrected chi connectivity index (χ4v) is 1.96. The third kappa shape index (κ3) is 4.26. The topological polar surface area (TPSA) is 50.4 Å². The van der Waals surface area contributed by atoms with Gasteiger partial charge in [-0.25, -0.2) is 13.6 Å². The molecule has 0 radical (unpaired) electrons. The van der Waals surface area contributed by atoms with Crippen LogP contribution in [0, 0.1) is 11.6 Å². The largest absolute Gasteiger partial charge is 0.380 e. The number of hydrogen-bond acceptors (Lipinski definition) is 2. The third-order valence-corrected chi connectivity index (χ3v) is 3.04. The number of urea groups is 1. The molecule has 0 aliphatic carbocycles. The van der Waals surface area contributed by atoms with E-state index in [1.807, 2.05) is 24.3 Å². The number of amides is 2. The lowest BCUT2D eigenvalue weighted by Gasteiger charge is -2.11. The third-order valence-electron chi connectivity index (χ3n) is 3.04. The normalized spacial score (nSPS) is 10.3. The van der Waals surface area contributed by atoms with Crippen LogP contribution in [0.2, 0.25) is 0 Å². The highest BCUT2D eigenvalue weighted by Crippen LogP contribution is 2.15. The van der Waals surface area contributed by atoms with E-state index in [2.05, 4.69) is 10.6 Å². The monoisotopic (exact) mass is 306 g/mol. The molecule has 2 aromatic rings. The lowest BCUT2D eigenvalue weighted by molar-refractivity contribution is 0.184. The van der Waals surface area contributed by atoms with Crippen molar-refractivity contribution in [3.05, 3.63) is 65.2 Å². The molecule has 0 saturated heterocycles. The molecule has 2 N–H and O–H groups in total. The molecule has 2 amide bonds. The van der Waals surface area contributed by atoms with Crippen LogP contribution in [-0.4, -0.2) is 13.1 Å². The number of benzene rings is 2. The van der Waals surface area contributed by atoms with Gasteiger partial charge in [0.25, 0.3) is 0 Å². The SMILES string of the molecule is COCc1ccccc1CNC(=O)Nc1ccc(F)cc1F. The Morgan fingerprint density at radius 2 is 1.86 bits per heavy atom. The summed E-state index contributed by atoms with van der Waals surface area (Å²) in [6.07, 6.45) is 0. The summed E-state index contributed by atoms with van der Waals surface area (Å²) >= 11 is 0. The lowest BCUT2D eigenvalue weighted by atomic mass is 10.1. The molecule has 116 valence electrons. The molecule has 0 unspecified atom stereocenters. The molecule has 2 rings (SSSR count). The van der Waals surface area contributed by atoms with E-state index in [0.717, 1.165) is 17.2 Å². The van der Waals surface area contributed by atoms with Gasteiger partial charge in [-0.05, 0) is 23.3 Å². The van der Waals surface area contributed by atoms with E-state index in [-0.39, 0.29) is 12.2 Å². The zero-order valence-electron chi connectivity index (χ0n) is 12.0. The summed E-state index contributed by atoms with van der Waals surface area (Å²) < 4.78 is 31.3. The second kappa shape index (κ2) is 7.51. The van der Waals surface area contributed by atoms with Crippen LogP contribution < -0.4 is 10.6 Å². The predicted octanol–water partition coefficient (Wildman–Crippen LogP) is 3.43. The standard InChI is InChI=1S/C16H16F2N2O2/c1-22-10-12-5-3-2-4-11(12)9-19-16(21)20-15-7-6-13(17)8-14(15)18/h2-8H,9-10H2,1H3,(H2,19,20,21). The van der Waals surface area contributed by atoms with Crippen molar-refractivity contribution in [2.75, 3.05) is 12.4 Å². The minimum Gasteiger partial charge on any atom is -0.380 e. The first-order valence-corrected chi connectivity index (χ1v) is 6.66. The van der Waals surface area contributed by atoms with Gasteiger partial charge in [0.05, 0.1) is 12.3 Å². The van der Waals surface area contributed by atoms with Gasteiger partial charge in [0.2, 0.25) is 0 Å². The van der Waals surface area contributed by atoms with Gasteiger partial charge in [0, 0.05) is 19.7 Å². The van der Waals surface area contributed by atoms with Gasteiger partial charge >= 0.3 is 6.03 Å². The summed E-state index contributed by atoms with van der Waals surface area (Å²) in [6.45, 7) is 0.709. The summed E-state index contributed by atoms with van der Waals surface area (Å²) in [5.74, 6) is -1.52. The average Bonchev–Trinajstić information content (AvgIpc) is 2.49. The number of methoxy groups -OCH3 is 1. The van der Waals surface area contributed by atoms with E-state index >= 15 is 0 Å². The van der Waals surface area contributed by atoms with Crippen molar-refractivity contribution in [3.8, 4) is 0 Å². The maximum absolute atomic E-state index is 13.4. The zero-order chi connectivity index (χ0) is 15.9. The van der Waals surface area contributed by atoms with Crippen LogP contribution in [0.15, 0.2) is 42.5 Å². The van der Waals surface area contributed by atoms with Crippen molar-refractivity contribution >= 4 is 11.7 Å². The second-order valence-corrected chi connectivity index (χ2v) is 4.63. The first-order chi connectivity index (χ1) is 10.6. The van der Waals surface area contributed by atoms with E-state index in [1.165, 1.54) is 6.07 Å². The van der Waals surface area contributed by atoms with E-state index in [1.54, 1.807) is 7.11 Å². The van der Waals surface area contributed by atoms with Crippen LogP contribution in [0.3, 0.4) is 0 Å². The fourth-order valence-electron chi connectivity index (χ4n) is 1.96. The smallest absolute Gasteiger partial charge is 0.319 e. The van der Waals surface area contributed by atoms with Crippen molar-refractivity contribution in [2.45, 2.75) is 13.2 Å². The molecule has 2 aromatic carbocycles. The van der Waals surface area contributed by atoms with Gasteiger partial charge in [-0.15, -0.1) is 0 Å². The van der Waals surface area contributed by atoms with Crippen LogP contribution in [-0.2, 0) is 17.9 Å². The van der Waals surface area contributed by atoms with E-state index in [4.69, 9.17) is 4.74 Å². The van der Waals surface area contributed by atoms with Crippen molar-refractivity contribution in [1.29, 1.82) is 0 Å². The summed E-state index contributed by atoms with van der Waals surface area (Å²) in [5, 5.41) is 4.96. The Labute approximate surface area is 127 Å². The number of halogens is 2. The zero-order valence-corrected chi connectivity index (χ0v) is 12.0. The molecular formula is C16H16F2N2O2. The summed E-state index contributed by atoms with van der Waals surface area (Å²) in [6, 6.07) is 9.89. The molecule has 0 aliphatic rings. The van der Waals surface area contributed by atoms with E-state index in [0.29, 0.717) is 12.7 Å². The van der Waals surface area contributed by atoms with Crippen molar-refractivity contribution in [3.63, 3.8) is 0 Å². The number of ether oxygens (including phenoxy) is 1. The van der Waals surface area contributed by atoms with Gasteiger partial charge in [-0.2, -0.15) is 0 Å².